The van der Waals surface area contributed by atoms with Crippen molar-refractivity contribution in [3.8, 4) is 0 Å². The minimum atomic E-state index is -0.443. The molecule has 2 atom stereocenters. The molecule has 3 N–H and O–H groups in total. The molecular formula is C14H21N3O2. The molecule has 1 aliphatic carbocycles. The van der Waals surface area contributed by atoms with Crippen LogP contribution in [0, 0.1) is 0 Å². The van der Waals surface area contributed by atoms with Gasteiger partial charge in [-0.25, -0.2) is 4.98 Å². The van der Waals surface area contributed by atoms with Crippen LogP contribution in [0.2, 0.25) is 0 Å². The van der Waals surface area contributed by atoms with Gasteiger partial charge in [0.25, 0.3) is 5.91 Å². The third-order valence-electron chi connectivity index (χ3n) is 3.59. The number of pyridine rings is 1. The average Bonchev–Trinajstić information content (AvgIpc) is 2.64. The Balaban J connectivity index is 2.07. The molecule has 1 heterocycles. The summed E-state index contributed by atoms with van der Waals surface area (Å²) < 4.78 is 0. The van der Waals surface area contributed by atoms with Gasteiger partial charge in [-0.2, -0.15) is 0 Å². The highest BCUT2D eigenvalue weighted by Gasteiger charge is 2.24. The highest BCUT2D eigenvalue weighted by Crippen LogP contribution is 2.19. The van der Waals surface area contributed by atoms with E-state index >= 15 is 0 Å². The van der Waals surface area contributed by atoms with E-state index in [9.17, 15) is 9.90 Å². The Morgan fingerprint density at radius 1 is 1.37 bits per heavy atom. The van der Waals surface area contributed by atoms with Crippen LogP contribution in [0.25, 0.3) is 0 Å². The second-order valence-electron chi connectivity index (χ2n) is 4.93. The van der Waals surface area contributed by atoms with Crippen molar-refractivity contribution < 1.29 is 9.90 Å². The maximum atomic E-state index is 12.2. The van der Waals surface area contributed by atoms with E-state index in [1.54, 1.807) is 25.4 Å². The van der Waals surface area contributed by atoms with Crippen molar-refractivity contribution in [3.63, 3.8) is 0 Å². The van der Waals surface area contributed by atoms with Crippen LogP contribution in [-0.2, 0) is 0 Å². The van der Waals surface area contributed by atoms with Crippen LogP contribution in [0.4, 0.5) is 5.82 Å². The molecule has 0 bridgehead atoms. The van der Waals surface area contributed by atoms with Crippen molar-refractivity contribution in [1.29, 1.82) is 0 Å². The summed E-state index contributed by atoms with van der Waals surface area (Å²) in [5, 5.41) is 15.9. The monoisotopic (exact) mass is 263 g/mol. The van der Waals surface area contributed by atoms with Crippen molar-refractivity contribution in [2.75, 3.05) is 12.4 Å². The van der Waals surface area contributed by atoms with Gasteiger partial charge >= 0.3 is 0 Å². The number of nitrogens with zero attached hydrogens (tertiary/aromatic N) is 1. The number of aliphatic hydroxyl groups is 1. The lowest BCUT2D eigenvalue weighted by molar-refractivity contribution is 0.0819. The summed E-state index contributed by atoms with van der Waals surface area (Å²) in [6.07, 6.45) is 6.00. The average molecular weight is 263 g/mol. The third-order valence-corrected chi connectivity index (χ3v) is 3.59. The van der Waals surface area contributed by atoms with Crippen LogP contribution in [0.3, 0.4) is 0 Å². The summed E-state index contributed by atoms with van der Waals surface area (Å²) in [5.74, 6) is 0.381. The number of carbonyl (C=O) groups excluding carboxylic acids is 1. The molecule has 1 aromatic rings. The molecule has 1 saturated carbocycles. The molecule has 0 spiro atoms. The van der Waals surface area contributed by atoms with Gasteiger partial charge in [0, 0.05) is 13.2 Å². The first-order chi connectivity index (χ1) is 9.22. The number of amides is 1. The largest absolute Gasteiger partial charge is 0.391 e. The summed E-state index contributed by atoms with van der Waals surface area (Å²) >= 11 is 0. The molecule has 1 fully saturated rings. The van der Waals surface area contributed by atoms with Crippen molar-refractivity contribution >= 4 is 11.7 Å². The molecule has 1 aromatic heterocycles. The summed E-state index contributed by atoms with van der Waals surface area (Å²) in [6.45, 7) is 0. The number of nitrogens with one attached hydrogen (secondary N) is 2. The second kappa shape index (κ2) is 6.52. The van der Waals surface area contributed by atoms with Crippen LogP contribution in [-0.4, -0.2) is 35.2 Å². The lowest BCUT2D eigenvalue weighted by Gasteiger charge is -2.22. The number of hydrogen-bond donors (Lipinski definition) is 3. The maximum Gasteiger partial charge on any atom is 0.255 e. The number of aliphatic hydroxyl groups excluding tert-OH is 1. The Morgan fingerprint density at radius 2 is 2.16 bits per heavy atom. The van der Waals surface area contributed by atoms with Crippen LogP contribution in [0.5, 0.6) is 0 Å². The quantitative estimate of drug-likeness (QED) is 0.723. The van der Waals surface area contributed by atoms with E-state index in [0.29, 0.717) is 11.4 Å². The van der Waals surface area contributed by atoms with Crippen LogP contribution >= 0.6 is 0 Å². The molecular weight excluding hydrogens is 242 g/mol. The van der Waals surface area contributed by atoms with E-state index in [2.05, 4.69) is 15.6 Å². The number of carbonyl (C=O) groups is 1. The van der Waals surface area contributed by atoms with E-state index < -0.39 is 6.10 Å². The maximum absolute atomic E-state index is 12.2. The van der Waals surface area contributed by atoms with Gasteiger partial charge in [0.15, 0.2) is 0 Å². The van der Waals surface area contributed by atoms with Crippen molar-refractivity contribution in [2.45, 2.75) is 44.2 Å². The predicted octanol–water partition coefficient (Wildman–Crippen LogP) is 1.55. The molecule has 5 heteroatoms. The first kappa shape index (κ1) is 13.8. The Hall–Kier alpha value is -1.62. The molecule has 1 amide bonds. The fourth-order valence-corrected chi connectivity index (χ4v) is 2.49. The Labute approximate surface area is 113 Å². The van der Waals surface area contributed by atoms with Crippen LogP contribution in [0.15, 0.2) is 18.3 Å². The summed E-state index contributed by atoms with van der Waals surface area (Å²) in [6, 6.07) is 3.32. The number of hydrogen-bond acceptors (Lipinski definition) is 4. The summed E-state index contributed by atoms with van der Waals surface area (Å²) in [4.78, 5) is 16.4. The van der Waals surface area contributed by atoms with Crippen molar-refractivity contribution in [3.05, 3.63) is 23.9 Å². The number of rotatable bonds is 3. The zero-order chi connectivity index (χ0) is 13.7. The zero-order valence-corrected chi connectivity index (χ0v) is 11.2. The second-order valence-corrected chi connectivity index (χ2v) is 4.93. The van der Waals surface area contributed by atoms with E-state index in [-0.39, 0.29) is 11.9 Å². The van der Waals surface area contributed by atoms with Gasteiger partial charge in [-0.05, 0) is 25.0 Å². The molecule has 0 aromatic carbocycles. The molecule has 0 radical (unpaired) electrons. The third kappa shape index (κ3) is 3.44. The minimum absolute atomic E-state index is 0.153. The molecule has 1 aliphatic rings. The minimum Gasteiger partial charge on any atom is -0.391 e. The van der Waals surface area contributed by atoms with Gasteiger partial charge in [-0.15, -0.1) is 0 Å². The number of anilines is 1. The highest BCUT2D eigenvalue weighted by atomic mass is 16.3. The van der Waals surface area contributed by atoms with Gasteiger partial charge in [-0.1, -0.05) is 19.3 Å². The molecule has 2 rings (SSSR count). The van der Waals surface area contributed by atoms with Gasteiger partial charge in [0.05, 0.1) is 17.7 Å². The Bertz CT molecular complexity index is 436. The fourth-order valence-electron chi connectivity index (χ4n) is 2.49. The van der Waals surface area contributed by atoms with Gasteiger partial charge in [0.2, 0.25) is 0 Å². The fraction of sp³-hybridized carbons (Fsp3) is 0.571. The van der Waals surface area contributed by atoms with Crippen LogP contribution in [0.1, 0.15) is 42.5 Å². The predicted molar refractivity (Wildman–Crippen MR) is 74.1 cm³/mol. The first-order valence-electron chi connectivity index (χ1n) is 6.84. The molecule has 0 aliphatic heterocycles. The molecule has 5 nitrogen and oxygen atoms in total. The smallest absolute Gasteiger partial charge is 0.255 e. The summed E-state index contributed by atoms with van der Waals surface area (Å²) in [7, 11) is 1.74. The van der Waals surface area contributed by atoms with Gasteiger partial charge < -0.3 is 15.7 Å². The highest BCUT2D eigenvalue weighted by molar-refractivity contribution is 5.98. The van der Waals surface area contributed by atoms with Gasteiger partial charge in [0.1, 0.15) is 5.82 Å². The van der Waals surface area contributed by atoms with E-state index in [1.807, 2.05) is 0 Å². The normalized spacial score (nSPS) is 23.5. The van der Waals surface area contributed by atoms with E-state index in [1.165, 1.54) is 0 Å². The van der Waals surface area contributed by atoms with E-state index in [0.717, 1.165) is 32.1 Å². The molecule has 19 heavy (non-hydrogen) atoms. The molecule has 2 unspecified atom stereocenters. The standard InChI is InChI=1S/C14H21N3O2/c1-15-13-10(6-5-9-16-13)14(19)17-11-7-3-2-4-8-12(11)18/h5-6,9,11-12,18H,2-4,7-8H2,1H3,(H,15,16)(H,17,19). The summed E-state index contributed by atoms with van der Waals surface area (Å²) in [5.41, 5.74) is 0.515. The lowest BCUT2D eigenvalue weighted by Crippen LogP contribution is -2.42. The molecule has 104 valence electrons. The van der Waals surface area contributed by atoms with Crippen molar-refractivity contribution in [1.82, 2.24) is 10.3 Å². The zero-order valence-electron chi connectivity index (χ0n) is 11.2. The topological polar surface area (TPSA) is 74.2 Å². The number of aromatic nitrogens is 1. The van der Waals surface area contributed by atoms with Crippen molar-refractivity contribution in [2.24, 2.45) is 0 Å². The van der Waals surface area contributed by atoms with Crippen LogP contribution < -0.4 is 10.6 Å². The lowest BCUT2D eigenvalue weighted by atomic mass is 10.1. The van der Waals surface area contributed by atoms with E-state index in [4.69, 9.17) is 0 Å². The first-order valence-corrected chi connectivity index (χ1v) is 6.84. The molecule has 0 saturated heterocycles. The Morgan fingerprint density at radius 3 is 2.95 bits per heavy atom. The van der Waals surface area contributed by atoms with Gasteiger partial charge in [-0.3, -0.25) is 4.79 Å². The Kier molecular flexibility index (Phi) is 4.74. The SMILES string of the molecule is CNc1ncccc1C(=O)NC1CCCCCC1O.